The number of hydrogen-bond donors (Lipinski definition) is 2. The van der Waals surface area contributed by atoms with Gasteiger partial charge in [0, 0.05) is 31.0 Å². The summed E-state index contributed by atoms with van der Waals surface area (Å²) in [5.74, 6) is 1.68. The number of hydrogen-bond acceptors (Lipinski definition) is 3. The van der Waals surface area contributed by atoms with Crippen LogP contribution >= 0.6 is 11.8 Å². The molecular weight excluding hydrogens is 299 g/mol. The first-order chi connectivity index (χ1) is 10.6. The van der Waals surface area contributed by atoms with Crippen molar-refractivity contribution >= 4 is 17.7 Å². The lowest BCUT2D eigenvalue weighted by molar-refractivity contribution is 0.392. The molecular formula is C16H27FN4S. The van der Waals surface area contributed by atoms with Gasteiger partial charge in [-0.1, -0.05) is 6.07 Å². The first-order valence-corrected chi connectivity index (χ1v) is 8.89. The molecule has 0 amide bonds. The summed E-state index contributed by atoms with van der Waals surface area (Å²) >= 11 is 1.79. The molecule has 0 aliphatic carbocycles. The number of nitrogens with one attached hydrogen (secondary N) is 2. The van der Waals surface area contributed by atoms with Gasteiger partial charge in [-0.15, -0.1) is 0 Å². The first kappa shape index (κ1) is 18.8. The van der Waals surface area contributed by atoms with Crippen molar-refractivity contribution in [2.45, 2.75) is 20.0 Å². The highest BCUT2D eigenvalue weighted by molar-refractivity contribution is 7.98. The molecule has 22 heavy (non-hydrogen) atoms. The van der Waals surface area contributed by atoms with Crippen molar-refractivity contribution in [3.05, 3.63) is 35.1 Å². The Balaban J connectivity index is 2.72. The minimum Gasteiger partial charge on any atom is -0.357 e. The molecule has 0 aliphatic heterocycles. The summed E-state index contributed by atoms with van der Waals surface area (Å²) < 4.78 is 13.8. The zero-order valence-corrected chi connectivity index (χ0v) is 14.8. The standard InChI is InChI=1S/C16H27FN4S/c1-5-18-16(19-8-9-22-4)20-11-13-6-7-15(17)14(10-13)12-21(2)3/h6-7,10H,5,8-9,11-12H2,1-4H3,(H2,18,19,20). The van der Waals surface area contributed by atoms with E-state index in [-0.39, 0.29) is 5.82 Å². The third kappa shape index (κ3) is 7.13. The van der Waals surface area contributed by atoms with Crippen molar-refractivity contribution in [2.75, 3.05) is 39.2 Å². The molecule has 0 spiro atoms. The first-order valence-electron chi connectivity index (χ1n) is 7.50. The predicted octanol–water partition coefficient (Wildman–Crippen LogP) is 2.31. The third-order valence-corrected chi connectivity index (χ3v) is 3.57. The van der Waals surface area contributed by atoms with Gasteiger partial charge in [0.05, 0.1) is 6.54 Å². The Morgan fingerprint density at radius 1 is 1.32 bits per heavy atom. The van der Waals surface area contributed by atoms with Crippen molar-refractivity contribution in [2.24, 2.45) is 4.99 Å². The van der Waals surface area contributed by atoms with Crippen LogP contribution in [0.4, 0.5) is 4.39 Å². The minimum atomic E-state index is -0.161. The van der Waals surface area contributed by atoms with Gasteiger partial charge in [0.1, 0.15) is 5.82 Å². The van der Waals surface area contributed by atoms with Crippen LogP contribution in [0, 0.1) is 5.82 Å². The normalized spacial score (nSPS) is 11.8. The van der Waals surface area contributed by atoms with E-state index >= 15 is 0 Å². The summed E-state index contributed by atoms with van der Waals surface area (Å²) in [6.45, 7) is 4.87. The molecule has 6 heteroatoms. The molecule has 0 fully saturated rings. The van der Waals surface area contributed by atoms with Crippen LogP contribution in [0.2, 0.25) is 0 Å². The van der Waals surface area contributed by atoms with Crippen LogP contribution < -0.4 is 10.6 Å². The van der Waals surface area contributed by atoms with E-state index in [0.717, 1.165) is 30.4 Å². The largest absolute Gasteiger partial charge is 0.357 e. The van der Waals surface area contributed by atoms with Crippen molar-refractivity contribution in [1.29, 1.82) is 0 Å². The van der Waals surface area contributed by atoms with Gasteiger partial charge in [0.15, 0.2) is 5.96 Å². The summed E-state index contributed by atoms with van der Waals surface area (Å²) in [5.41, 5.74) is 1.72. The molecule has 4 nitrogen and oxygen atoms in total. The van der Waals surface area contributed by atoms with Crippen LogP contribution in [0.15, 0.2) is 23.2 Å². The molecule has 124 valence electrons. The van der Waals surface area contributed by atoms with Crippen LogP contribution in [-0.4, -0.2) is 50.1 Å². The smallest absolute Gasteiger partial charge is 0.191 e. The number of benzene rings is 1. The Hall–Kier alpha value is -1.27. The lowest BCUT2D eigenvalue weighted by Gasteiger charge is -2.13. The lowest BCUT2D eigenvalue weighted by atomic mass is 10.1. The molecule has 0 unspecified atom stereocenters. The highest BCUT2D eigenvalue weighted by Crippen LogP contribution is 2.13. The summed E-state index contributed by atoms with van der Waals surface area (Å²) in [4.78, 5) is 6.51. The minimum absolute atomic E-state index is 0.161. The Bertz CT molecular complexity index is 477. The monoisotopic (exact) mass is 326 g/mol. The maximum Gasteiger partial charge on any atom is 0.191 e. The highest BCUT2D eigenvalue weighted by Gasteiger charge is 2.05. The zero-order valence-electron chi connectivity index (χ0n) is 13.9. The summed E-state index contributed by atoms with van der Waals surface area (Å²) in [6.07, 6.45) is 2.08. The topological polar surface area (TPSA) is 39.7 Å². The summed E-state index contributed by atoms with van der Waals surface area (Å²) in [7, 11) is 3.87. The maximum atomic E-state index is 13.8. The van der Waals surface area contributed by atoms with E-state index in [0.29, 0.717) is 18.7 Å². The molecule has 0 saturated carbocycles. The number of guanidine groups is 1. The summed E-state index contributed by atoms with van der Waals surface area (Å²) in [6, 6.07) is 5.21. The molecule has 0 radical (unpaired) electrons. The Kier molecular flexibility index (Phi) is 8.92. The second-order valence-corrected chi connectivity index (χ2v) is 6.26. The van der Waals surface area contributed by atoms with Crippen LogP contribution in [0.3, 0.4) is 0 Å². The second-order valence-electron chi connectivity index (χ2n) is 5.28. The number of halogens is 1. The van der Waals surface area contributed by atoms with Gasteiger partial charge in [-0.25, -0.2) is 9.38 Å². The van der Waals surface area contributed by atoms with Crippen molar-refractivity contribution in [3.63, 3.8) is 0 Å². The number of rotatable bonds is 8. The van der Waals surface area contributed by atoms with Gasteiger partial charge in [0.25, 0.3) is 0 Å². The fourth-order valence-corrected chi connectivity index (χ4v) is 2.28. The van der Waals surface area contributed by atoms with Crippen molar-refractivity contribution in [3.8, 4) is 0 Å². The van der Waals surface area contributed by atoms with Crippen molar-refractivity contribution in [1.82, 2.24) is 15.5 Å². The van der Waals surface area contributed by atoms with Crippen molar-refractivity contribution < 1.29 is 4.39 Å². The van der Waals surface area contributed by atoms with Gasteiger partial charge in [-0.3, -0.25) is 0 Å². The van der Waals surface area contributed by atoms with E-state index in [2.05, 4.69) is 21.9 Å². The van der Waals surface area contributed by atoms with Crippen LogP contribution in [0.5, 0.6) is 0 Å². The van der Waals surface area contributed by atoms with Gasteiger partial charge in [-0.05, 0) is 45.0 Å². The van der Waals surface area contributed by atoms with E-state index in [1.165, 1.54) is 6.07 Å². The average molecular weight is 326 g/mol. The number of aliphatic imine (C=N–C) groups is 1. The molecule has 1 rings (SSSR count). The molecule has 1 aromatic rings. The predicted molar refractivity (Wildman–Crippen MR) is 95.0 cm³/mol. The van der Waals surface area contributed by atoms with Crippen LogP contribution in [0.1, 0.15) is 18.1 Å². The molecule has 1 aromatic carbocycles. The van der Waals surface area contributed by atoms with Crippen LogP contribution in [0.25, 0.3) is 0 Å². The Labute approximate surface area is 137 Å². The summed E-state index contributed by atoms with van der Waals surface area (Å²) in [5, 5.41) is 6.50. The fraction of sp³-hybridized carbons (Fsp3) is 0.562. The molecule has 0 bridgehead atoms. The molecule has 2 N–H and O–H groups in total. The Morgan fingerprint density at radius 3 is 2.73 bits per heavy atom. The molecule has 0 heterocycles. The second kappa shape index (κ2) is 10.5. The van der Waals surface area contributed by atoms with Crippen LogP contribution in [-0.2, 0) is 13.1 Å². The SMILES string of the molecule is CCNC(=NCc1ccc(F)c(CN(C)C)c1)NCCSC. The molecule has 0 aromatic heterocycles. The fourth-order valence-electron chi connectivity index (χ4n) is 1.97. The van der Waals surface area contributed by atoms with E-state index in [1.807, 2.05) is 32.0 Å². The van der Waals surface area contributed by atoms with Gasteiger partial charge < -0.3 is 15.5 Å². The van der Waals surface area contributed by atoms with Gasteiger partial charge in [-0.2, -0.15) is 11.8 Å². The van der Waals surface area contributed by atoms with E-state index < -0.39 is 0 Å². The quantitative estimate of drug-likeness (QED) is 0.437. The number of nitrogens with zero attached hydrogens (tertiary/aromatic N) is 2. The van der Waals surface area contributed by atoms with Gasteiger partial charge in [0.2, 0.25) is 0 Å². The van der Waals surface area contributed by atoms with E-state index in [9.17, 15) is 4.39 Å². The number of thioether (sulfide) groups is 1. The molecule has 0 saturated heterocycles. The zero-order chi connectivity index (χ0) is 16.4. The van der Waals surface area contributed by atoms with E-state index in [1.54, 1.807) is 17.8 Å². The van der Waals surface area contributed by atoms with E-state index in [4.69, 9.17) is 0 Å². The maximum absolute atomic E-state index is 13.8. The third-order valence-electron chi connectivity index (χ3n) is 2.96. The highest BCUT2D eigenvalue weighted by atomic mass is 32.2. The van der Waals surface area contributed by atoms with Gasteiger partial charge >= 0.3 is 0 Å². The lowest BCUT2D eigenvalue weighted by Crippen LogP contribution is -2.38. The Morgan fingerprint density at radius 2 is 2.09 bits per heavy atom. The molecule has 0 atom stereocenters. The average Bonchev–Trinajstić information content (AvgIpc) is 2.47. The molecule has 0 aliphatic rings.